The Morgan fingerprint density at radius 3 is 2.06 bits per heavy atom. The highest BCUT2D eigenvalue weighted by molar-refractivity contribution is 5.85. The van der Waals surface area contributed by atoms with Gasteiger partial charge in [-0.1, -0.05) is 0 Å². The molecule has 1 rings (SSSR count). The fraction of sp³-hybridized carbons (Fsp3) is 0.833. The van der Waals surface area contributed by atoms with E-state index in [-0.39, 0.29) is 36.6 Å². The van der Waals surface area contributed by atoms with Crippen molar-refractivity contribution in [1.29, 1.82) is 0 Å². The third-order valence-corrected chi connectivity index (χ3v) is 2.81. The van der Waals surface area contributed by atoms with Gasteiger partial charge in [-0.05, 0) is 27.7 Å². The van der Waals surface area contributed by atoms with Crippen molar-refractivity contribution in [1.82, 2.24) is 0 Å². The molecule has 1 fully saturated rings. The van der Waals surface area contributed by atoms with Crippen LogP contribution in [0.1, 0.15) is 47.0 Å². The zero-order chi connectivity index (χ0) is 12.3. The van der Waals surface area contributed by atoms with Gasteiger partial charge in [-0.2, -0.15) is 0 Å². The molecule has 1 aliphatic rings. The summed E-state index contributed by atoms with van der Waals surface area (Å²) in [6.45, 7) is 7.12. The molecule has 0 radical (unpaired) electrons. The fourth-order valence-corrected chi connectivity index (χ4v) is 1.85. The van der Waals surface area contributed by atoms with Gasteiger partial charge in [-0.25, -0.2) is 0 Å². The molecule has 2 atom stereocenters. The Morgan fingerprint density at radius 1 is 1.12 bits per heavy atom. The molecule has 0 aromatic carbocycles. The van der Waals surface area contributed by atoms with Gasteiger partial charge in [0.15, 0.2) is 5.79 Å². The minimum absolute atomic E-state index is 0.00519. The summed E-state index contributed by atoms with van der Waals surface area (Å²) in [5.41, 5.74) is 0. The predicted octanol–water partition coefficient (Wildman–Crippen LogP) is 1.85. The molecule has 0 N–H and O–H groups in total. The summed E-state index contributed by atoms with van der Waals surface area (Å²) in [6, 6.07) is 0. The largest absolute Gasteiger partial charge is 0.344 e. The van der Waals surface area contributed by atoms with Crippen molar-refractivity contribution in [2.24, 2.45) is 0 Å². The van der Waals surface area contributed by atoms with Gasteiger partial charge < -0.3 is 14.3 Å². The Labute approximate surface area is 96.3 Å². The van der Waals surface area contributed by atoms with E-state index < -0.39 is 5.79 Å². The number of ether oxygens (including phenoxy) is 2. The lowest BCUT2D eigenvalue weighted by Gasteiger charge is -2.22. The third kappa shape index (κ3) is 3.68. The molecule has 2 unspecified atom stereocenters. The van der Waals surface area contributed by atoms with E-state index in [1.54, 1.807) is 6.92 Å². The summed E-state index contributed by atoms with van der Waals surface area (Å²) >= 11 is 0. The first kappa shape index (κ1) is 13.3. The fourth-order valence-electron chi connectivity index (χ4n) is 1.85. The lowest BCUT2D eigenvalue weighted by Crippen LogP contribution is -2.30. The van der Waals surface area contributed by atoms with Gasteiger partial charge in [0, 0.05) is 12.8 Å². The second-order valence-electron chi connectivity index (χ2n) is 4.70. The maximum Gasteiger partial charge on any atom is 0.173 e. The van der Waals surface area contributed by atoms with Crippen molar-refractivity contribution >= 4 is 11.6 Å². The molecule has 0 bridgehead atoms. The van der Waals surface area contributed by atoms with E-state index >= 15 is 0 Å². The Morgan fingerprint density at radius 2 is 1.62 bits per heavy atom. The number of hydrogen-bond acceptors (Lipinski definition) is 4. The van der Waals surface area contributed by atoms with Crippen LogP contribution in [0.2, 0.25) is 0 Å². The first-order valence-corrected chi connectivity index (χ1v) is 5.69. The zero-order valence-corrected chi connectivity index (χ0v) is 10.4. The normalized spacial score (nSPS) is 34.0. The van der Waals surface area contributed by atoms with E-state index in [1.807, 2.05) is 13.8 Å². The van der Waals surface area contributed by atoms with Crippen molar-refractivity contribution in [3.8, 4) is 0 Å². The van der Waals surface area contributed by atoms with Gasteiger partial charge in [0.05, 0.1) is 18.6 Å². The van der Waals surface area contributed by atoms with Gasteiger partial charge in [0.25, 0.3) is 0 Å². The first-order valence-electron chi connectivity index (χ1n) is 5.69. The molecule has 0 saturated carbocycles. The van der Waals surface area contributed by atoms with Crippen molar-refractivity contribution in [3.63, 3.8) is 0 Å². The van der Waals surface area contributed by atoms with E-state index in [1.165, 1.54) is 6.92 Å². The highest BCUT2D eigenvalue weighted by atomic mass is 16.8. The van der Waals surface area contributed by atoms with Crippen LogP contribution in [0, 0.1) is 0 Å². The molecule has 16 heavy (non-hydrogen) atoms. The average molecular weight is 228 g/mol. The number of ketones is 2. The van der Waals surface area contributed by atoms with Gasteiger partial charge in [0.2, 0.25) is 0 Å². The first-order chi connectivity index (χ1) is 7.32. The third-order valence-electron chi connectivity index (χ3n) is 2.81. The van der Waals surface area contributed by atoms with Gasteiger partial charge in [-0.15, -0.1) is 0 Å². The van der Waals surface area contributed by atoms with Crippen LogP contribution in [-0.4, -0.2) is 29.6 Å². The lowest BCUT2D eigenvalue weighted by molar-refractivity contribution is -0.169. The number of hydrogen-bond donors (Lipinski definition) is 0. The SMILES string of the molecule is CC(=O)CCC(=O)CC1(C)OC(C)C(C)O1. The average Bonchev–Trinajstić information content (AvgIpc) is 2.37. The smallest absolute Gasteiger partial charge is 0.173 e. The van der Waals surface area contributed by atoms with Crippen LogP contribution in [0.4, 0.5) is 0 Å². The molecule has 0 aromatic heterocycles. The van der Waals surface area contributed by atoms with Crippen LogP contribution in [-0.2, 0) is 19.1 Å². The molecule has 4 heteroatoms. The lowest BCUT2D eigenvalue weighted by atomic mass is 10.1. The Balaban J connectivity index is 2.42. The van der Waals surface area contributed by atoms with Crippen molar-refractivity contribution in [2.45, 2.75) is 65.0 Å². The summed E-state index contributed by atoms with van der Waals surface area (Å²) in [5.74, 6) is -0.764. The van der Waals surface area contributed by atoms with Gasteiger partial charge in [-0.3, -0.25) is 4.79 Å². The molecule has 1 aliphatic heterocycles. The van der Waals surface area contributed by atoms with Crippen LogP contribution in [0.3, 0.4) is 0 Å². The minimum atomic E-state index is -0.813. The van der Waals surface area contributed by atoms with Crippen molar-refractivity contribution < 1.29 is 19.1 Å². The molecule has 92 valence electrons. The Bertz CT molecular complexity index is 275. The number of carbonyl (C=O) groups is 2. The molecular formula is C12H20O4. The zero-order valence-electron chi connectivity index (χ0n) is 10.4. The molecule has 0 amide bonds. The summed E-state index contributed by atoms with van der Waals surface area (Å²) < 4.78 is 11.2. The molecule has 1 saturated heterocycles. The highest BCUT2D eigenvalue weighted by Crippen LogP contribution is 2.31. The van der Waals surface area contributed by atoms with E-state index in [2.05, 4.69) is 0 Å². The molecule has 0 spiro atoms. The highest BCUT2D eigenvalue weighted by Gasteiger charge is 2.41. The number of Topliss-reactive ketones (excluding diaryl/α,β-unsaturated/α-hetero) is 2. The number of carbonyl (C=O) groups excluding carboxylic acids is 2. The monoisotopic (exact) mass is 228 g/mol. The molecular weight excluding hydrogens is 208 g/mol. The predicted molar refractivity (Wildman–Crippen MR) is 59.0 cm³/mol. The van der Waals surface area contributed by atoms with E-state index in [4.69, 9.17) is 9.47 Å². The number of rotatable bonds is 5. The molecule has 1 heterocycles. The van der Waals surface area contributed by atoms with Crippen LogP contribution in [0.25, 0.3) is 0 Å². The molecule has 4 nitrogen and oxygen atoms in total. The minimum Gasteiger partial charge on any atom is -0.344 e. The second kappa shape index (κ2) is 5.06. The van der Waals surface area contributed by atoms with Crippen LogP contribution in [0.5, 0.6) is 0 Å². The van der Waals surface area contributed by atoms with Crippen molar-refractivity contribution in [3.05, 3.63) is 0 Å². The second-order valence-corrected chi connectivity index (χ2v) is 4.70. The topological polar surface area (TPSA) is 52.6 Å². The standard InChI is InChI=1S/C12H20O4/c1-8(13)5-6-11(14)7-12(4)15-9(2)10(3)16-12/h9-10H,5-7H2,1-4H3. The van der Waals surface area contributed by atoms with Gasteiger partial charge in [0.1, 0.15) is 11.6 Å². The Hall–Kier alpha value is -0.740. The summed E-state index contributed by atoms with van der Waals surface area (Å²) in [4.78, 5) is 22.4. The summed E-state index contributed by atoms with van der Waals surface area (Å²) in [5, 5.41) is 0. The molecule has 0 aliphatic carbocycles. The van der Waals surface area contributed by atoms with Crippen LogP contribution in [0.15, 0.2) is 0 Å². The van der Waals surface area contributed by atoms with E-state index in [0.717, 1.165) is 0 Å². The maximum atomic E-state index is 11.6. The quantitative estimate of drug-likeness (QED) is 0.720. The van der Waals surface area contributed by atoms with Crippen LogP contribution >= 0.6 is 0 Å². The molecule has 0 aromatic rings. The van der Waals surface area contributed by atoms with Crippen LogP contribution < -0.4 is 0 Å². The van der Waals surface area contributed by atoms with Crippen molar-refractivity contribution in [2.75, 3.05) is 0 Å². The summed E-state index contributed by atoms with van der Waals surface area (Å²) in [7, 11) is 0. The van der Waals surface area contributed by atoms with E-state index in [9.17, 15) is 9.59 Å². The van der Waals surface area contributed by atoms with E-state index in [0.29, 0.717) is 6.42 Å². The van der Waals surface area contributed by atoms with Gasteiger partial charge >= 0.3 is 0 Å². The summed E-state index contributed by atoms with van der Waals surface area (Å²) in [6.07, 6.45) is 0.811. The maximum absolute atomic E-state index is 11.6. The Kier molecular flexibility index (Phi) is 4.21.